The Morgan fingerprint density at radius 3 is 2.18 bits per heavy atom. The van der Waals surface area contributed by atoms with E-state index in [4.69, 9.17) is 4.74 Å². The van der Waals surface area contributed by atoms with E-state index in [2.05, 4.69) is 10.6 Å². The molecule has 0 heterocycles. The molecule has 0 aliphatic heterocycles. The standard InChI is InChI=1S/C23H32N2O3/c1-16-2-4-20(5-3-16)28-9-8-24-21(26)6-7-25-22(27)23-13-17-10-18(14-23)12-19(11-17)15-23/h2-5,17-19H,6-15H2,1H3,(H,24,26)(H,25,27). The topological polar surface area (TPSA) is 67.4 Å². The van der Waals surface area contributed by atoms with Crippen LogP contribution < -0.4 is 15.4 Å². The number of nitrogens with one attached hydrogen (secondary N) is 2. The molecule has 5 heteroatoms. The van der Waals surface area contributed by atoms with Crippen molar-refractivity contribution in [1.82, 2.24) is 10.6 Å². The van der Waals surface area contributed by atoms with Gasteiger partial charge >= 0.3 is 0 Å². The van der Waals surface area contributed by atoms with Gasteiger partial charge in [-0.3, -0.25) is 9.59 Å². The molecule has 4 aliphatic carbocycles. The maximum atomic E-state index is 12.9. The lowest BCUT2D eigenvalue weighted by Gasteiger charge is -2.55. The van der Waals surface area contributed by atoms with E-state index in [9.17, 15) is 9.59 Å². The van der Waals surface area contributed by atoms with Crippen LogP contribution in [0.5, 0.6) is 5.75 Å². The Kier molecular flexibility index (Phi) is 5.61. The molecule has 5 nitrogen and oxygen atoms in total. The lowest BCUT2D eigenvalue weighted by Crippen LogP contribution is -2.53. The van der Waals surface area contributed by atoms with Crippen molar-refractivity contribution in [2.75, 3.05) is 19.7 Å². The first-order chi connectivity index (χ1) is 13.5. The first kappa shape index (κ1) is 19.3. The Bertz CT molecular complexity index is 678. The molecule has 4 bridgehead atoms. The van der Waals surface area contributed by atoms with E-state index in [0.717, 1.165) is 42.8 Å². The lowest BCUT2D eigenvalue weighted by molar-refractivity contribution is -0.146. The molecule has 28 heavy (non-hydrogen) atoms. The molecule has 0 saturated heterocycles. The van der Waals surface area contributed by atoms with Gasteiger partial charge in [-0.15, -0.1) is 0 Å². The molecule has 1 aromatic rings. The van der Waals surface area contributed by atoms with Gasteiger partial charge in [-0.1, -0.05) is 17.7 Å². The van der Waals surface area contributed by atoms with Crippen molar-refractivity contribution in [2.24, 2.45) is 23.2 Å². The third-order valence-electron chi connectivity index (χ3n) is 6.87. The van der Waals surface area contributed by atoms with Crippen molar-refractivity contribution in [2.45, 2.75) is 51.9 Å². The average Bonchev–Trinajstić information content (AvgIpc) is 2.65. The molecule has 1 aromatic carbocycles. The minimum Gasteiger partial charge on any atom is -0.492 e. The fourth-order valence-corrected chi connectivity index (χ4v) is 5.95. The summed E-state index contributed by atoms with van der Waals surface area (Å²) in [5, 5.41) is 5.92. The summed E-state index contributed by atoms with van der Waals surface area (Å²) < 4.78 is 5.61. The molecule has 2 N–H and O–H groups in total. The highest BCUT2D eigenvalue weighted by Crippen LogP contribution is 2.60. The Hall–Kier alpha value is -2.04. The number of hydrogen-bond acceptors (Lipinski definition) is 3. The largest absolute Gasteiger partial charge is 0.492 e. The molecule has 4 saturated carbocycles. The number of carbonyl (C=O) groups is 2. The molecule has 0 spiro atoms. The van der Waals surface area contributed by atoms with E-state index in [1.165, 1.54) is 24.8 Å². The van der Waals surface area contributed by atoms with Gasteiger partial charge in [0.1, 0.15) is 12.4 Å². The predicted molar refractivity (Wildman–Crippen MR) is 108 cm³/mol. The van der Waals surface area contributed by atoms with Crippen molar-refractivity contribution in [3.63, 3.8) is 0 Å². The molecule has 4 fully saturated rings. The van der Waals surface area contributed by atoms with Crippen LogP contribution in [0.1, 0.15) is 50.5 Å². The highest BCUT2D eigenvalue weighted by Gasteiger charge is 2.54. The molecule has 0 aromatic heterocycles. The molecule has 4 aliphatic rings. The molecule has 0 radical (unpaired) electrons. The molecule has 5 rings (SSSR count). The number of hydrogen-bond donors (Lipinski definition) is 2. The summed E-state index contributed by atoms with van der Waals surface area (Å²) >= 11 is 0. The van der Waals surface area contributed by atoms with Crippen LogP contribution in [0, 0.1) is 30.1 Å². The van der Waals surface area contributed by atoms with Gasteiger partial charge in [0.15, 0.2) is 0 Å². The SMILES string of the molecule is Cc1ccc(OCCNC(=O)CCNC(=O)C23CC4CC(CC(C4)C2)C3)cc1. The van der Waals surface area contributed by atoms with E-state index >= 15 is 0 Å². The number of amides is 2. The van der Waals surface area contributed by atoms with Crippen LogP contribution >= 0.6 is 0 Å². The van der Waals surface area contributed by atoms with Crippen molar-refractivity contribution in [3.8, 4) is 5.75 Å². The van der Waals surface area contributed by atoms with E-state index in [1.54, 1.807) is 0 Å². The Labute approximate surface area is 167 Å². The van der Waals surface area contributed by atoms with Crippen LogP contribution in [-0.4, -0.2) is 31.5 Å². The van der Waals surface area contributed by atoms with E-state index < -0.39 is 0 Å². The van der Waals surface area contributed by atoms with Gasteiger partial charge in [-0.2, -0.15) is 0 Å². The Morgan fingerprint density at radius 2 is 1.57 bits per heavy atom. The van der Waals surface area contributed by atoms with Crippen LogP contribution in [0.2, 0.25) is 0 Å². The Morgan fingerprint density at radius 1 is 0.964 bits per heavy atom. The predicted octanol–water partition coefficient (Wildman–Crippen LogP) is 3.21. The number of benzene rings is 1. The maximum absolute atomic E-state index is 12.9. The summed E-state index contributed by atoms with van der Waals surface area (Å²) in [5.74, 6) is 3.24. The van der Waals surface area contributed by atoms with Crippen LogP contribution in [0.15, 0.2) is 24.3 Å². The maximum Gasteiger partial charge on any atom is 0.226 e. The second-order valence-electron chi connectivity index (χ2n) is 9.22. The van der Waals surface area contributed by atoms with Gasteiger partial charge in [0.2, 0.25) is 11.8 Å². The highest BCUT2D eigenvalue weighted by molar-refractivity contribution is 5.84. The van der Waals surface area contributed by atoms with Crippen LogP contribution in [0.3, 0.4) is 0 Å². The summed E-state index contributed by atoms with van der Waals surface area (Å²) in [5.41, 5.74) is 1.06. The van der Waals surface area contributed by atoms with Gasteiger partial charge in [-0.25, -0.2) is 0 Å². The summed E-state index contributed by atoms with van der Waals surface area (Å²) in [7, 11) is 0. The fourth-order valence-electron chi connectivity index (χ4n) is 5.95. The van der Waals surface area contributed by atoms with E-state index in [0.29, 0.717) is 26.1 Å². The molecule has 0 unspecified atom stereocenters. The zero-order valence-corrected chi connectivity index (χ0v) is 16.8. The summed E-state index contributed by atoms with van der Waals surface area (Å²) in [6, 6.07) is 7.86. The van der Waals surface area contributed by atoms with Crippen molar-refractivity contribution in [3.05, 3.63) is 29.8 Å². The van der Waals surface area contributed by atoms with Crippen molar-refractivity contribution >= 4 is 11.8 Å². The lowest BCUT2D eigenvalue weighted by atomic mass is 9.49. The molecule has 152 valence electrons. The van der Waals surface area contributed by atoms with Crippen LogP contribution in [0.25, 0.3) is 0 Å². The van der Waals surface area contributed by atoms with E-state index in [-0.39, 0.29) is 17.2 Å². The summed E-state index contributed by atoms with van der Waals surface area (Å²) in [4.78, 5) is 24.9. The third-order valence-corrected chi connectivity index (χ3v) is 6.87. The minimum atomic E-state index is -0.132. The highest BCUT2D eigenvalue weighted by atomic mass is 16.5. The monoisotopic (exact) mass is 384 g/mol. The number of rotatable bonds is 8. The zero-order valence-electron chi connectivity index (χ0n) is 16.8. The smallest absolute Gasteiger partial charge is 0.226 e. The zero-order chi connectivity index (χ0) is 19.6. The fraction of sp³-hybridized carbons (Fsp3) is 0.652. The van der Waals surface area contributed by atoms with Gasteiger partial charge in [0, 0.05) is 18.4 Å². The number of aryl methyl sites for hydroxylation is 1. The van der Waals surface area contributed by atoms with Gasteiger partial charge in [-0.05, 0) is 75.3 Å². The second kappa shape index (κ2) is 8.14. The molecule has 0 atom stereocenters. The van der Waals surface area contributed by atoms with Crippen LogP contribution in [-0.2, 0) is 9.59 Å². The molecular weight excluding hydrogens is 352 g/mol. The third kappa shape index (κ3) is 4.34. The van der Waals surface area contributed by atoms with Gasteiger partial charge in [0.05, 0.1) is 6.54 Å². The quantitative estimate of drug-likeness (QED) is 0.676. The summed E-state index contributed by atoms with van der Waals surface area (Å²) in [6.07, 6.45) is 7.51. The van der Waals surface area contributed by atoms with Crippen LogP contribution in [0.4, 0.5) is 0 Å². The summed E-state index contributed by atoms with van der Waals surface area (Å²) in [6.45, 7) is 3.36. The van der Waals surface area contributed by atoms with Crippen molar-refractivity contribution < 1.29 is 14.3 Å². The first-order valence-corrected chi connectivity index (χ1v) is 10.8. The molecule has 2 amide bonds. The van der Waals surface area contributed by atoms with Crippen molar-refractivity contribution in [1.29, 1.82) is 0 Å². The average molecular weight is 385 g/mol. The Balaban J connectivity index is 1.13. The first-order valence-electron chi connectivity index (χ1n) is 10.8. The minimum absolute atomic E-state index is 0.0432. The second-order valence-corrected chi connectivity index (χ2v) is 9.22. The van der Waals surface area contributed by atoms with E-state index in [1.807, 2.05) is 31.2 Å². The molecular formula is C23H32N2O3. The number of carbonyl (C=O) groups excluding carboxylic acids is 2. The van der Waals surface area contributed by atoms with Gasteiger partial charge < -0.3 is 15.4 Å². The van der Waals surface area contributed by atoms with Gasteiger partial charge in [0.25, 0.3) is 0 Å². The normalized spacial score (nSPS) is 30.1. The number of ether oxygens (including phenoxy) is 1.